The first-order chi connectivity index (χ1) is 13.5. The van der Waals surface area contributed by atoms with Gasteiger partial charge in [-0.15, -0.1) is 0 Å². The third-order valence-electron chi connectivity index (χ3n) is 3.99. The van der Waals surface area contributed by atoms with E-state index >= 15 is 0 Å². The van der Waals surface area contributed by atoms with Gasteiger partial charge in [-0.2, -0.15) is 11.8 Å². The molecule has 3 aromatic rings. The molecule has 6 heteroatoms. The summed E-state index contributed by atoms with van der Waals surface area (Å²) in [7, 11) is 0. The Bertz CT molecular complexity index is 990. The highest BCUT2D eigenvalue weighted by Crippen LogP contribution is 2.16. The van der Waals surface area contributed by atoms with Crippen LogP contribution in [0.5, 0.6) is 0 Å². The fourth-order valence-electron chi connectivity index (χ4n) is 2.63. The van der Waals surface area contributed by atoms with Crippen molar-refractivity contribution in [2.24, 2.45) is 0 Å². The fraction of sp³-hybridized carbons (Fsp3) is 0.0909. The minimum atomic E-state index is -0.428. The van der Waals surface area contributed by atoms with Gasteiger partial charge in [0, 0.05) is 28.3 Å². The van der Waals surface area contributed by atoms with Gasteiger partial charge >= 0.3 is 0 Å². The van der Waals surface area contributed by atoms with Crippen LogP contribution in [0.1, 0.15) is 26.3 Å². The van der Waals surface area contributed by atoms with Crippen molar-refractivity contribution in [2.45, 2.75) is 5.75 Å². The van der Waals surface area contributed by atoms with Gasteiger partial charge < -0.3 is 10.6 Å². The van der Waals surface area contributed by atoms with Crippen LogP contribution < -0.4 is 10.6 Å². The molecular weight excluding hydrogens is 375 g/mol. The molecule has 0 saturated heterocycles. The molecule has 0 aliphatic carbocycles. The van der Waals surface area contributed by atoms with E-state index in [1.807, 2.05) is 18.4 Å². The largest absolute Gasteiger partial charge is 0.322 e. The first-order valence-corrected chi connectivity index (χ1v) is 10.0. The molecule has 142 valence electrons. The zero-order valence-corrected chi connectivity index (χ0v) is 16.1. The maximum absolute atomic E-state index is 13.3. The number of carbonyl (C=O) groups is 2. The Balaban J connectivity index is 1.68. The van der Waals surface area contributed by atoms with Crippen molar-refractivity contribution >= 4 is 35.0 Å². The summed E-state index contributed by atoms with van der Waals surface area (Å²) < 4.78 is 13.3. The zero-order valence-electron chi connectivity index (χ0n) is 15.2. The lowest BCUT2D eigenvalue weighted by atomic mass is 10.1. The smallest absolute Gasteiger partial charge is 0.255 e. The number of carbonyl (C=O) groups excluding carboxylic acids is 2. The Morgan fingerprint density at radius 1 is 0.821 bits per heavy atom. The predicted molar refractivity (Wildman–Crippen MR) is 112 cm³/mol. The van der Waals surface area contributed by atoms with Gasteiger partial charge in [-0.3, -0.25) is 9.59 Å². The van der Waals surface area contributed by atoms with Crippen molar-refractivity contribution in [1.29, 1.82) is 0 Å². The van der Waals surface area contributed by atoms with E-state index in [0.29, 0.717) is 22.5 Å². The molecule has 0 spiro atoms. The number of hydrogen-bond donors (Lipinski definition) is 2. The fourth-order valence-corrected chi connectivity index (χ4v) is 3.16. The van der Waals surface area contributed by atoms with Gasteiger partial charge in [0.1, 0.15) is 5.82 Å². The summed E-state index contributed by atoms with van der Waals surface area (Å²) >= 11 is 1.72. The summed E-state index contributed by atoms with van der Waals surface area (Å²) in [6.45, 7) is 0. The number of halogens is 1. The average molecular weight is 394 g/mol. The Labute approximate surface area is 167 Å². The quantitative estimate of drug-likeness (QED) is 0.605. The van der Waals surface area contributed by atoms with Crippen LogP contribution in [0.3, 0.4) is 0 Å². The lowest BCUT2D eigenvalue weighted by Gasteiger charge is -2.09. The molecule has 0 atom stereocenters. The molecule has 4 nitrogen and oxygen atoms in total. The summed E-state index contributed by atoms with van der Waals surface area (Å²) in [5.41, 5.74) is 2.92. The number of rotatable bonds is 6. The summed E-state index contributed by atoms with van der Waals surface area (Å²) in [4.78, 5) is 24.8. The lowest BCUT2D eigenvalue weighted by Crippen LogP contribution is -2.14. The van der Waals surface area contributed by atoms with Gasteiger partial charge in [0.2, 0.25) is 0 Å². The second kappa shape index (κ2) is 9.19. The van der Waals surface area contributed by atoms with E-state index in [2.05, 4.69) is 10.6 Å². The third kappa shape index (κ3) is 5.20. The highest BCUT2D eigenvalue weighted by molar-refractivity contribution is 7.97. The normalized spacial score (nSPS) is 10.4. The predicted octanol–water partition coefficient (Wildman–Crippen LogP) is 5.19. The molecule has 0 aliphatic heterocycles. The molecule has 3 aromatic carbocycles. The molecule has 28 heavy (non-hydrogen) atoms. The van der Waals surface area contributed by atoms with Crippen molar-refractivity contribution in [3.8, 4) is 0 Å². The van der Waals surface area contributed by atoms with E-state index in [-0.39, 0.29) is 11.8 Å². The molecule has 0 unspecified atom stereocenters. The second-order valence-corrected chi connectivity index (χ2v) is 7.00. The summed E-state index contributed by atoms with van der Waals surface area (Å²) in [5, 5.41) is 5.43. The summed E-state index contributed by atoms with van der Waals surface area (Å²) in [6.07, 6.45) is 2.03. The van der Waals surface area contributed by atoms with E-state index in [0.717, 1.165) is 11.3 Å². The Morgan fingerprint density at radius 2 is 1.43 bits per heavy atom. The zero-order chi connectivity index (χ0) is 19.9. The van der Waals surface area contributed by atoms with Crippen LogP contribution in [0.15, 0.2) is 72.8 Å². The van der Waals surface area contributed by atoms with Crippen molar-refractivity contribution < 1.29 is 14.0 Å². The molecule has 2 amide bonds. The Morgan fingerprint density at radius 3 is 2.07 bits per heavy atom. The Hall–Kier alpha value is -3.12. The topological polar surface area (TPSA) is 58.2 Å². The van der Waals surface area contributed by atoms with Crippen molar-refractivity contribution in [3.63, 3.8) is 0 Å². The number of amides is 2. The standard InChI is InChI=1S/C22H19FN2O2S/c1-28-14-15-8-10-16(11-9-15)21(26)24-19-6-2-4-17(12-19)22(27)25-20-7-3-5-18(23)13-20/h2-13H,14H2,1H3,(H,24,26)(H,25,27). The number of nitrogens with one attached hydrogen (secondary N) is 2. The van der Waals surface area contributed by atoms with E-state index in [1.165, 1.54) is 18.2 Å². The molecule has 0 heterocycles. The molecule has 2 N–H and O–H groups in total. The van der Waals surface area contributed by atoms with Crippen molar-refractivity contribution in [2.75, 3.05) is 16.9 Å². The van der Waals surface area contributed by atoms with E-state index in [1.54, 1.807) is 54.2 Å². The number of thioether (sulfide) groups is 1. The molecule has 0 aromatic heterocycles. The van der Waals surface area contributed by atoms with Gasteiger partial charge in [-0.1, -0.05) is 24.3 Å². The number of benzene rings is 3. The first-order valence-electron chi connectivity index (χ1n) is 8.61. The van der Waals surface area contributed by atoms with Gasteiger partial charge in [0.05, 0.1) is 0 Å². The molecule has 0 radical (unpaired) electrons. The molecule has 0 aliphatic rings. The highest BCUT2D eigenvalue weighted by Gasteiger charge is 2.10. The average Bonchev–Trinajstić information content (AvgIpc) is 2.69. The van der Waals surface area contributed by atoms with Crippen LogP contribution in [0.2, 0.25) is 0 Å². The number of anilines is 2. The second-order valence-electron chi connectivity index (χ2n) is 6.13. The number of hydrogen-bond acceptors (Lipinski definition) is 3. The molecule has 0 saturated carbocycles. The van der Waals surface area contributed by atoms with Gasteiger partial charge in [-0.05, 0) is 60.4 Å². The molecule has 0 bridgehead atoms. The minimum Gasteiger partial charge on any atom is -0.322 e. The lowest BCUT2D eigenvalue weighted by molar-refractivity contribution is 0.101. The third-order valence-corrected chi connectivity index (χ3v) is 4.61. The maximum Gasteiger partial charge on any atom is 0.255 e. The van der Waals surface area contributed by atoms with E-state index in [9.17, 15) is 14.0 Å². The van der Waals surface area contributed by atoms with Crippen LogP contribution in [0.4, 0.5) is 15.8 Å². The molecule has 0 fully saturated rings. The summed E-state index contributed by atoms with van der Waals surface area (Å²) in [5.74, 6) is -0.173. The van der Waals surface area contributed by atoms with E-state index < -0.39 is 5.82 Å². The molecule has 3 rings (SSSR count). The minimum absolute atomic E-state index is 0.251. The van der Waals surface area contributed by atoms with Crippen LogP contribution in [-0.4, -0.2) is 18.1 Å². The van der Waals surface area contributed by atoms with Crippen LogP contribution in [-0.2, 0) is 5.75 Å². The Kier molecular flexibility index (Phi) is 6.45. The van der Waals surface area contributed by atoms with Gasteiger partial charge in [0.15, 0.2) is 0 Å². The SMILES string of the molecule is CSCc1ccc(C(=O)Nc2cccc(C(=O)Nc3cccc(F)c3)c2)cc1. The van der Waals surface area contributed by atoms with Gasteiger partial charge in [-0.25, -0.2) is 4.39 Å². The van der Waals surface area contributed by atoms with Crippen LogP contribution >= 0.6 is 11.8 Å². The monoisotopic (exact) mass is 394 g/mol. The highest BCUT2D eigenvalue weighted by atomic mass is 32.2. The van der Waals surface area contributed by atoms with Crippen LogP contribution in [0, 0.1) is 5.82 Å². The summed E-state index contributed by atoms with van der Waals surface area (Å²) in [6, 6.07) is 19.7. The first kappa shape index (κ1) is 19.6. The van der Waals surface area contributed by atoms with Gasteiger partial charge in [0.25, 0.3) is 11.8 Å². The van der Waals surface area contributed by atoms with Crippen molar-refractivity contribution in [3.05, 3.63) is 95.3 Å². The van der Waals surface area contributed by atoms with Crippen LogP contribution in [0.25, 0.3) is 0 Å². The molecular formula is C22H19FN2O2S. The van der Waals surface area contributed by atoms with E-state index in [4.69, 9.17) is 0 Å². The van der Waals surface area contributed by atoms with Crippen molar-refractivity contribution in [1.82, 2.24) is 0 Å². The maximum atomic E-state index is 13.3.